The minimum absolute atomic E-state index is 0.285. The van der Waals surface area contributed by atoms with E-state index in [0.29, 0.717) is 6.61 Å². The normalized spacial score (nSPS) is 12.3. The number of furan rings is 1. The van der Waals surface area contributed by atoms with Crippen LogP contribution in [0.25, 0.3) is 0 Å². The molecular weight excluding hydrogens is 250 g/mol. The summed E-state index contributed by atoms with van der Waals surface area (Å²) >= 11 is 0. The highest BCUT2D eigenvalue weighted by atomic mass is 16.5. The average molecular weight is 273 g/mol. The van der Waals surface area contributed by atoms with Gasteiger partial charge in [0.2, 0.25) is 0 Å². The lowest BCUT2D eigenvalue weighted by Crippen LogP contribution is -2.24. The molecule has 20 heavy (non-hydrogen) atoms. The number of rotatable bonds is 8. The molecule has 1 aromatic carbocycles. The first-order chi connectivity index (χ1) is 9.83. The Balaban J connectivity index is 2.14. The number of benzene rings is 1. The summed E-state index contributed by atoms with van der Waals surface area (Å²) in [5.74, 6) is 0.931. The Morgan fingerprint density at radius 1 is 1.25 bits per heavy atom. The van der Waals surface area contributed by atoms with Gasteiger partial charge in [0.25, 0.3) is 0 Å². The molecule has 0 aliphatic heterocycles. The van der Waals surface area contributed by atoms with Gasteiger partial charge < -0.3 is 14.5 Å². The molecular formula is C17H23NO2. The molecule has 0 fully saturated rings. The average Bonchev–Trinajstić information content (AvgIpc) is 2.97. The molecule has 0 radical (unpaired) electrons. The molecule has 1 aromatic heterocycles. The van der Waals surface area contributed by atoms with E-state index in [4.69, 9.17) is 9.15 Å². The summed E-state index contributed by atoms with van der Waals surface area (Å²) in [6, 6.07) is 10.6. The Morgan fingerprint density at radius 3 is 2.85 bits per heavy atom. The monoisotopic (exact) mass is 273 g/mol. The molecule has 2 aromatic rings. The van der Waals surface area contributed by atoms with Crippen LogP contribution < -0.4 is 10.1 Å². The molecule has 1 unspecified atom stereocenters. The zero-order valence-electron chi connectivity index (χ0n) is 12.3. The maximum atomic E-state index is 5.59. The largest absolute Gasteiger partial charge is 0.494 e. The first-order valence-electron chi connectivity index (χ1n) is 7.30. The van der Waals surface area contributed by atoms with Crippen LogP contribution >= 0.6 is 0 Å². The molecule has 0 spiro atoms. The lowest BCUT2D eigenvalue weighted by molar-refractivity contribution is 0.339. The van der Waals surface area contributed by atoms with Gasteiger partial charge in [0.15, 0.2) is 0 Å². The molecule has 0 saturated heterocycles. The Kier molecular flexibility index (Phi) is 5.69. The van der Waals surface area contributed by atoms with Crippen LogP contribution in [0.4, 0.5) is 0 Å². The van der Waals surface area contributed by atoms with Crippen LogP contribution in [-0.4, -0.2) is 13.2 Å². The van der Waals surface area contributed by atoms with Crippen molar-refractivity contribution in [2.75, 3.05) is 13.2 Å². The SMILES string of the molecule is CCCNC(Cc1ccoc1)c1cccc(OCC)c1. The highest BCUT2D eigenvalue weighted by Gasteiger charge is 2.13. The van der Waals surface area contributed by atoms with Crippen molar-refractivity contribution in [3.63, 3.8) is 0 Å². The smallest absolute Gasteiger partial charge is 0.119 e. The topological polar surface area (TPSA) is 34.4 Å². The Morgan fingerprint density at radius 2 is 2.15 bits per heavy atom. The molecule has 0 saturated carbocycles. The van der Waals surface area contributed by atoms with Gasteiger partial charge in [-0.25, -0.2) is 0 Å². The number of ether oxygens (including phenoxy) is 1. The van der Waals surface area contributed by atoms with Gasteiger partial charge in [-0.2, -0.15) is 0 Å². The van der Waals surface area contributed by atoms with Gasteiger partial charge in [0, 0.05) is 6.04 Å². The van der Waals surface area contributed by atoms with Gasteiger partial charge in [0.1, 0.15) is 5.75 Å². The third-order valence-corrected chi connectivity index (χ3v) is 3.23. The van der Waals surface area contributed by atoms with Gasteiger partial charge in [-0.1, -0.05) is 19.1 Å². The molecule has 1 N–H and O–H groups in total. The van der Waals surface area contributed by atoms with Crippen molar-refractivity contribution in [1.82, 2.24) is 5.32 Å². The predicted molar refractivity (Wildman–Crippen MR) is 81.1 cm³/mol. The van der Waals surface area contributed by atoms with Gasteiger partial charge in [-0.15, -0.1) is 0 Å². The van der Waals surface area contributed by atoms with E-state index in [1.54, 1.807) is 6.26 Å². The Labute approximate surface area is 121 Å². The molecule has 0 amide bonds. The van der Waals surface area contributed by atoms with Crippen molar-refractivity contribution in [3.05, 3.63) is 54.0 Å². The quantitative estimate of drug-likeness (QED) is 0.790. The fourth-order valence-corrected chi connectivity index (χ4v) is 2.26. The molecule has 2 rings (SSSR count). The number of nitrogens with one attached hydrogen (secondary N) is 1. The summed E-state index contributed by atoms with van der Waals surface area (Å²) in [4.78, 5) is 0. The lowest BCUT2D eigenvalue weighted by atomic mass is 10.00. The first kappa shape index (κ1) is 14.7. The van der Waals surface area contributed by atoms with Crippen LogP contribution in [-0.2, 0) is 6.42 Å². The zero-order chi connectivity index (χ0) is 14.2. The van der Waals surface area contributed by atoms with Gasteiger partial charge >= 0.3 is 0 Å². The van der Waals surface area contributed by atoms with Crippen molar-refractivity contribution in [2.24, 2.45) is 0 Å². The number of hydrogen-bond acceptors (Lipinski definition) is 3. The van der Waals surface area contributed by atoms with Gasteiger partial charge in [0.05, 0.1) is 19.1 Å². The maximum absolute atomic E-state index is 5.59. The minimum atomic E-state index is 0.285. The van der Waals surface area contributed by atoms with Crippen LogP contribution in [0.2, 0.25) is 0 Å². The third kappa shape index (κ3) is 4.14. The summed E-state index contributed by atoms with van der Waals surface area (Å²) < 4.78 is 10.8. The van der Waals surface area contributed by atoms with E-state index in [0.717, 1.165) is 25.1 Å². The van der Waals surface area contributed by atoms with E-state index >= 15 is 0 Å². The zero-order valence-corrected chi connectivity index (χ0v) is 12.3. The van der Waals surface area contributed by atoms with Crippen LogP contribution in [0.5, 0.6) is 5.75 Å². The summed E-state index contributed by atoms with van der Waals surface area (Å²) in [6.45, 7) is 5.88. The second-order valence-electron chi connectivity index (χ2n) is 4.85. The molecule has 1 heterocycles. The van der Waals surface area contributed by atoms with E-state index in [1.807, 2.05) is 25.3 Å². The highest BCUT2D eigenvalue weighted by Crippen LogP contribution is 2.23. The van der Waals surface area contributed by atoms with Crippen LogP contribution in [0.15, 0.2) is 47.3 Å². The van der Waals surface area contributed by atoms with E-state index in [-0.39, 0.29) is 6.04 Å². The molecule has 0 bridgehead atoms. The van der Waals surface area contributed by atoms with Crippen LogP contribution in [0.3, 0.4) is 0 Å². The fourth-order valence-electron chi connectivity index (χ4n) is 2.26. The van der Waals surface area contributed by atoms with Gasteiger partial charge in [-0.3, -0.25) is 0 Å². The van der Waals surface area contributed by atoms with E-state index < -0.39 is 0 Å². The molecule has 0 aliphatic carbocycles. The molecule has 3 heteroatoms. The standard InChI is InChI=1S/C17H23NO2/c1-3-9-18-17(11-14-8-10-19-13-14)15-6-5-7-16(12-15)20-4-2/h5-8,10,12-13,17-18H,3-4,9,11H2,1-2H3. The predicted octanol–water partition coefficient (Wildman–Crippen LogP) is 3.96. The van der Waals surface area contributed by atoms with Crippen molar-refractivity contribution >= 4 is 0 Å². The van der Waals surface area contributed by atoms with Crippen LogP contribution in [0, 0.1) is 0 Å². The summed E-state index contributed by atoms with van der Waals surface area (Å²) in [5, 5.41) is 3.60. The second kappa shape index (κ2) is 7.75. The second-order valence-corrected chi connectivity index (χ2v) is 4.85. The van der Waals surface area contributed by atoms with E-state index in [2.05, 4.69) is 30.4 Å². The van der Waals surface area contributed by atoms with E-state index in [1.165, 1.54) is 11.1 Å². The van der Waals surface area contributed by atoms with Crippen molar-refractivity contribution in [2.45, 2.75) is 32.7 Å². The van der Waals surface area contributed by atoms with Gasteiger partial charge in [-0.05, 0) is 55.6 Å². The first-order valence-corrected chi connectivity index (χ1v) is 7.30. The maximum Gasteiger partial charge on any atom is 0.119 e. The van der Waals surface area contributed by atoms with Crippen molar-refractivity contribution < 1.29 is 9.15 Å². The minimum Gasteiger partial charge on any atom is -0.494 e. The fraction of sp³-hybridized carbons (Fsp3) is 0.412. The Hall–Kier alpha value is -1.74. The highest BCUT2D eigenvalue weighted by molar-refractivity contribution is 5.31. The molecule has 1 atom stereocenters. The molecule has 108 valence electrons. The lowest BCUT2D eigenvalue weighted by Gasteiger charge is -2.19. The summed E-state index contributed by atoms with van der Waals surface area (Å²) in [5.41, 5.74) is 2.46. The molecule has 3 nitrogen and oxygen atoms in total. The third-order valence-electron chi connectivity index (χ3n) is 3.23. The number of hydrogen-bond donors (Lipinski definition) is 1. The van der Waals surface area contributed by atoms with Crippen LogP contribution in [0.1, 0.15) is 37.4 Å². The Bertz CT molecular complexity index is 493. The van der Waals surface area contributed by atoms with Crippen molar-refractivity contribution in [3.8, 4) is 5.75 Å². The van der Waals surface area contributed by atoms with Crippen molar-refractivity contribution in [1.29, 1.82) is 0 Å². The van der Waals surface area contributed by atoms with E-state index in [9.17, 15) is 0 Å². The molecule has 0 aliphatic rings. The summed E-state index contributed by atoms with van der Waals surface area (Å²) in [7, 11) is 0. The summed E-state index contributed by atoms with van der Waals surface area (Å²) in [6.07, 6.45) is 5.58.